The van der Waals surface area contributed by atoms with Gasteiger partial charge in [-0.05, 0) is 47.5 Å². The fourth-order valence-electron chi connectivity index (χ4n) is 3.41. The summed E-state index contributed by atoms with van der Waals surface area (Å²) in [5.74, 6) is -0.371. The van der Waals surface area contributed by atoms with Gasteiger partial charge in [-0.2, -0.15) is 0 Å². The highest BCUT2D eigenvalue weighted by molar-refractivity contribution is 5.98. The van der Waals surface area contributed by atoms with Crippen molar-refractivity contribution in [2.75, 3.05) is 5.32 Å². The van der Waals surface area contributed by atoms with E-state index in [-0.39, 0.29) is 18.4 Å². The number of carbonyl (C=O) groups excluding carboxylic acids is 3. The van der Waals surface area contributed by atoms with Crippen LogP contribution in [0.5, 0.6) is 5.75 Å². The van der Waals surface area contributed by atoms with Gasteiger partial charge in [-0.25, -0.2) is 0 Å². The lowest BCUT2D eigenvalue weighted by Gasteiger charge is -2.12. The van der Waals surface area contributed by atoms with Gasteiger partial charge in [-0.15, -0.1) is 0 Å². The number of nitrogens with one attached hydrogen (secondary N) is 2. The Hall–Kier alpha value is -4.13. The van der Waals surface area contributed by atoms with Crippen LogP contribution in [0.4, 0.5) is 5.69 Å². The van der Waals surface area contributed by atoms with E-state index in [9.17, 15) is 14.4 Å². The number of hydrogen-bond acceptors (Lipinski definition) is 4. The number of carbonyl (C=O) groups is 3. The molecule has 1 aliphatic rings. The van der Waals surface area contributed by atoms with Crippen LogP contribution >= 0.6 is 0 Å². The lowest BCUT2D eigenvalue weighted by molar-refractivity contribution is -0.122. The van der Waals surface area contributed by atoms with Crippen LogP contribution in [0.25, 0.3) is 0 Å². The van der Waals surface area contributed by atoms with Crippen LogP contribution in [0.1, 0.15) is 31.8 Å². The predicted molar refractivity (Wildman–Crippen MR) is 116 cm³/mol. The van der Waals surface area contributed by atoms with Gasteiger partial charge >= 0.3 is 0 Å². The Morgan fingerprint density at radius 1 is 0.935 bits per heavy atom. The Kier molecular flexibility index (Phi) is 5.66. The van der Waals surface area contributed by atoms with Crippen molar-refractivity contribution in [1.29, 1.82) is 0 Å². The van der Waals surface area contributed by atoms with Crippen molar-refractivity contribution < 1.29 is 19.1 Å². The predicted octanol–water partition coefficient (Wildman–Crippen LogP) is 2.66. The van der Waals surface area contributed by atoms with E-state index >= 15 is 0 Å². The number of hydrogen-bond donors (Lipinski definition) is 3. The lowest BCUT2D eigenvalue weighted by atomic mass is 10.1. The summed E-state index contributed by atoms with van der Waals surface area (Å²) in [5.41, 5.74) is 8.33. The second-order valence-electron chi connectivity index (χ2n) is 7.24. The molecule has 4 rings (SSSR count). The normalized spacial score (nSPS) is 14.3. The largest absolute Gasteiger partial charge is 0.480 e. The van der Waals surface area contributed by atoms with Gasteiger partial charge in [-0.3, -0.25) is 14.4 Å². The highest BCUT2D eigenvalue weighted by Gasteiger charge is 2.28. The SMILES string of the molecule is NC(=O)c1cccc(CNC(=O)c2cccc(NC(=O)C3Cc4ccccc4O3)c2)c1. The average molecular weight is 415 g/mol. The smallest absolute Gasteiger partial charge is 0.265 e. The van der Waals surface area contributed by atoms with Gasteiger partial charge < -0.3 is 21.1 Å². The molecule has 3 aromatic carbocycles. The van der Waals surface area contributed by atoms with Crippen molar-refractivity contribution in [1.82, 2.24) is 5.32 Å². The molecule has 0 spiro atoms. The van der Waals surface area contributed by atoms with Gasteiger partial charge in [0.15, 0.2) is 6.10 Å². The molecular formula is C24H21N3O4. The van der Waals surface area contributed by atoms with Gasteiger partial charge in [0.2, 0.25) is 5.91 Å². The molecule has 0 bridgehead atoms. The summed E-state index contributed by atoms with van der Waals surface area (Å²) in [6.45, 7) is 0.241. The van der Waals surface area contributed by atoms with Crippen LogP contribution in [-0.4, -0.2) is 23.8 Å². The molecule has 7 nitrogen and oxygen atoms in total. The van der Waals surface area contributed by atoms with Gasteiger partial charge in [0, 0.05) is 29.8 Å². The summed E-state index contributed by atoms with van der Waals surface area (Å²) >= 11 is 0. The van der Waals surface area contributed by atoms with Crippen LogP contribution in [0.15, 0.2) is 72.8 Å². The maximum absolute atomic E-state index is 12.6. The molecule has 0 saturated heterocycles. The molecule has 0 saturated carbocycles. The number of anilines is 1. The molecule has 0 fully saturated rings. The fraction of sp³-hybridized carbons (Fsp3) is 0.125. The first kappa shape index (κ1) is 20.2. The minimum absolute atomic E-state index is 0.241. The molecule has 3 aromatic rings. The minimum atomic E-state index is -0.604. The van der Waals surface area contributed by atoms with E-state index in [4.69, 9.17) is 10.5 Å². The Labute approximate surface area is 179 Å². The van der Waals surface area contributed by atoms with Crippen LogP contribution in [-0.2, 0) is 17.8 Å². The third-order valence-corrected chi connectivity index (χ3v) is 5.00. The first-order valence-corrected chi connectivity index (χ1v) is 9.82. The molecule has 3 amide bonds. The van der Waals surface area contributed by atoms with E-state index in [1.165, 1.54) is 0 Å². The Balaban J connectivity index is 1.37. The third kappa shape index (κ3) is 4.72. The van der Waals surface area contributed by atoms with Crippen molar-refractivity contribution in [3.8, 4) is 5.75 Å². The molecule has 156 valence electrons. The molecule has 0 aliphatic carbocycles. The fourth-order valence-corrected chi connectivity index (χ4v) is 3.41. The van der Waals surface area contributed by atoms with Crippen molar-refractivity contribution in [3.63, 3.8) is 0 Å². The number of benzene rings is 3. The topological polar surface area (TPSA) is 111 Å². The van der Waals surface area contributed by atoms with Crippen molar-refractivity contribution in [2.45, 2.75) is 19.1 Å². The second-order valence-corrected chi connectivity index (χ2v) is 7.24. The van der Waals surface area contributed by atoms with Crippen LogP contribution in [0.2, 0.25) is 0 Å². The number of fused-ring (bicyclic) bond motifs is 1. The first-order valence-electron chi connectivity index (χ1n) is 9.82. The van der Waals surface area contributed by atoms with Crippen molar-refractivity contribution in [2.24, 2.45) is 5.73 Å². The highest BCUT2D eigenvalue weighted by atomic mass is 16.5. The first-order chi connectivity index (χ1) is 15.0. The number of rotatable bonds is 6. The summed E-state index contributed by atoms with van der Waals surface area (Å²) in [6.07, 6.45) is -0.0977. The van der Waals surface area contributed by atoms with Gasteiger partial charge in [-0.1, -0.05) is 36.4 Å². The van der Waals surface area contributed by atoms with E-state index < -0.39 is 12.0 Å². The zero-order valence-corrected chi connectivity index (χ0v) is 16.6. The van der Waals surface area contributed by atoms with Gasteiger partial charge in [0.05, 0.1) is 0 Å². The third-order valence-electron chi connectivity index (χ3n) is 5.00. The summed E-state index contributed by atoms with van der Waals surface area (Å²) < 4.78 is 5.71. The highest BCUT2D eigenvalue weighted by Crippen LogP contribution is 2.28. The van der Waals surface area contributed by atoms with Crippen LogP contribution in [0, 0.1) is 0 Å². The lowest BCUT2D eigenvalue weighted by Crippen LogP contribution is -2.31. The molecule has 1 atom stereocenters. The van der Waals surface area contributed by atoms with E-state index in [0.717, 1.165) is 16.9 Å². The van der Waals surface area contributed by atoms with Gasteiger partial charge in [0.1, 0.15) is 5.75 Å². The molecule has 7 heteroatoms. The van der Waals surface area contributed by atoms with Crippen molar-refractivity contribution >= 4 is 23.4 Å². The molecular weight excluding hydrogens is 394 g/mol. The second kappa shape index (κ2) is 8.71. The Morgan fingerprint density at radius 3 is 2.52 bits per heavy atom. The zero-order chi connectivity index (χ0) is 21.8. The monoisotopic (exact) mass is 415 g/mol. The molecule has 31 heavy (non-hydrogen) atoms. The summed E-state index contributed by atoms with van der Waals surface area (Å²) in [5, 5.41) is 5.61. The van der Waals surface area contributed by atoms with Gasteiger partial charge in [0.25, 0.3) is 11.8 Å². The number of primary amides is 1. The minimum Gasteiger partial charge on any atom is -0.480 e. The van der Waals surface area contributed by atoms with E-state index in [0.29, 0.717) is 23.2 Å². The van der Waals surface area contributed by atoms with Crippen molar-refractivity contribution in [3.05, 3.63) is 95.1 Å². The van der Waals surface area contributed by atoms with Crippen LogP contribution in [0.3, 0.4) is 0 Å². The van der Waals surface area contributed by atoms with E-state index in [1.807, 2.05) is 24.3 Å². The Bertz CT molecular complexity index is 1130. The number of ether oxygens (including phenoxy) is 1. The van der Waals surface area contributed by atoms with E-state index in [2.05, 4.69) is 10.6 Å². The quantitative estimate of drug-likeness (QED) is 0.575. The average Bonchev–Trinajstić information content (AvgIpc) is 3.22. The maximum atomic E-state index is 12.6. The standard InChI is InChI=1S/C24H21N3O4/c25-22(28)17-7-3-5-15(11-17)14-26-23(29)18-8-4-9-19(12-18)27-24(30)21-13-16-6-1-2-10-20(16)31-21/h1-12,21H,13-14H2,(H2,25,28)(H,26,29)(H,27,30). The molecule has 4 N–H and O–H groups in total. The molecule has 0 aromatic heterocycles. The molecule has 1 heterocycles. The number of nitrogens with two attached hydrogens (primary N) is 1. The number of amides is 3. The van der Waals surface area contributed by atoms with Crippen LogP contribution < -0.4 is 21.1 Å². The molecule has 0 radical (unpaired) electrons. The molecule has 1 aliphatic heterocycles. The Morgan fingerprint density at radius 2 is 1.71 bits per heavy atom. The maximum Gasteiger partial charge on any atom is 0.265 e. The summed E-state index contributed by atoms with van der Waals surface area (Å²) in [6, 6.07) is 21.0. The summed E-state index contributed by atoms with van der Waals surface area (Å²) in [4.78, 5) is 36.4. The summed E-state index contributed by atoms with van der Waals surface area (Å²) in [7, 11) is 0. The zero-order valence-electron chi connectivity index (χ0n) is 16.6. The molecule has 1 unspecified atom stereocenters. The number of para-hydroxylation sites is 1. The van der Waals surface area contributed by atoms with E-state index in [1.54, 1.807) is 48.5 Å².